The minimum atomic E-state index is -0.462. The van der Waals surface area contributed by atoms with Crippen LogP contribution in [0, 0.1) is 12.7 Å². The first kappa shape index (κ1) is 19.4. The predicted molar refractivity (Wildman–Crippen MR) is 110 cm³/mol. The second-order valence-corrected chi connectivity index (χ2v) is 7.50. The Hall–Kier alpha value is -3.59. The third kappa shape index (κ3) is 3.91. The molecule has 1 aliphatic heterocycles. The Kier molecular flexibility index (Phi) is 4.95. The number of carbonyl (C=O) groups excluding carboxylic acids is 1. The molecule has 8 nitrogen and oxygen atoms in total. The van der Waals surface area contributed by atoms with Gasteiger partial charge >= 0.3 is 0 Å². The summed E-state index contributed by atoms with van der Waals surface area (Å²) >= 11 is 0. The second kappa shape index (κ2) is 7.92. The molecule has 0 bridgehead atoms. The highest BCUT2D eigenvalue weighted by Gasteiger charge is 2.18. The maximum atomic E-state index is 14.6. The molecule has 5 rings (SSSR count). The van der Waals surface area contributed by atoms with Gasteiger partial charge in [-0.05, 0) is 42.5 Å². The molecule has 0 atom stereocenters. The molecule has 4 aromatic rings. The number of hydrogen-bond acceptors (Lipinski definition) is 6. The van der Waals surface area contributed by atoms with Gasteiger partial charge in [-0.2, -0.15) is 0 Å². The van der Waals surface area contributed by atoms with Crippen molar-refractivity contribution in [3.8, 4) is 11.3 Å². The fourth-order valence-electron chi connectivity index (χ4n) is 3.73. The normalized spacial score (nSPS) is 14.8. The number of aromatic nitrogens is 4. The average Bonchev–Trinajstić information content (AvgIpc) is 3.41. The molecular formula is C22H20FN5O3. The monoisotopic (exact) mass is 421 g/mol. The molecule has 1 saturated heterocycles. The van der Waals surface area contributed by atoms with Gasteiger partial charge in [-0.1, -0.05) is 0 Å². The first-order chi connectivity index (χ1) is 15.1. The van der Waals surface area contributed by atoms with E-state index in [-0.39, 0.29) is 11.3 Å². The lowest BCUT2D eigenvalue weighted by Crippen LogP contribution is -2.14. The van der Waals surface area contributed by atoms with E-state index in [2.05, 4.69) is 20.3 Å². The van der Waals surface area contributed by atoms with E-state index >= 15 is 0 Å². The topological polar surface area (TPSA) is 94.6 Å². The molecule has 0 saturated carbocycles. The molecule has 1 N–H and O–H groups in total. The highest BCUT2D eigenvalue weighted by Crippen LogP contribution is 2.29. The summed E-state index contributed by atoms with van der Waals surface area (Å²) in [6.07, 6.45) is 8.82. The summed E-state index contributed by atoms with van der Waals surface area (Å²) < 4.78 is 27.1. The Labute approximate surface area is 177 Å². The van der Waals surface area contributed by atoms with Crippen LogP contribution in [0.2, 0.25) is 0 Å². The van der Waals surface area contributed by atoms with Crippen LogP contribution in [0.25, 0.3) is 17.0 Å². The van der Waals surface area contributed by atoms with Crippen LogP contribution in [0.1, 0.15) is 40.8 Å². The van der Waals surface area contributed by atoms with Crippen molar-refractivity contribution in [2.24, 2.45) is 0 Å². The number of oxazole rings is 1. The van der Waals surface area contributed by atoms with Gasteiger partial charge in [0.15, 0.2) is 5.89 Å². The van der Waals surface area contributed by atoms with Crippen LogP contribution >= 0.6 is 0 Å². The van der Waals surface area contributed by atoms with E-state index in [9.17, 15) is 9.18 Å². The first-order valence-electron chi connectivity index (χ1n) is 10.0. The summed E-state index contributed by atoms with van der Waals surface area (Å²) in [5, 5.41) is 2.69. The fraction of sp³-hybridized carbons (Fsp3) is 0.273. The number of carbonyl (C=O) groups is 1. The molecule has 9 heteroatoms. The van der Waals surface area contributed by atoms with Gasteiger partial charge in [0.1, 0.15) is 5.82 Å². The van der Waals surface area contributed by atoms with E-state index < -0.39 is 11.7 Å². The number of nitrogens with zero attached hydrogens (tertiary/aromatic N) is 4. The molecule has 1 aliphatic rings. The molecule has 31 heavy (non-hydrogen) atoms. The smallest absolute Gasteiger partial charge is 0.293 e. The van der Waals surface area contributed by atoms with Gasteiger partial charge in [-0.25, -0.2) is 19.3 Å². The van der Waals surface area contributed by atoms with Crippen LogP contribution in [0.4, 0.5) is 10.1 Å². The minimum Gasteiger partial charge on any atom is -0.436 e. The molecule has 0 aliphatic carbocycles. The number of aryl methyl sites for hydroxylation is 1. The number of ether oxygens (including phenoxy) is 1. The lowest BCUT2D eigenvalue weighted by molar-refractivity contribution is 0.0852. The fourth-order valence-corrected chi connectivity index (χ4v) is 3.73. The van der Waals surface area contributed by atoms with Crippen molar-refractivity contribution in [3.63, 3.8) is 0 Å². The van der Waals surface area contributed by atoms with E-state index in [1.165, 1.54) is 24.4 Å². The van der Waals surface area contributed by atoms with Crippen molar-refractivity contribution in [3.05, 3.63) is 66.0 Å². The third-order valence-electron chi connectivity index (χ3n) is 5.37. The van der Waals surface area contributed by atoms with E-state index in [1.54, 1.807) is 13.1 Å². The highest BCUT2D eigenvalue weighted by atomic mass is 19.1. The predicted octanol–water partition coefficient (Wildman–Crippen LogP) is 3.98. The van der Waals surface area contributed by atoms with Crippen LogP contribution in [0.3, 0.4) is 0 Å². The Balaban J connectivity index is 1.43. The highest BCUT2D eigenvalue weighted by molar-refractivity contribution is 6.02. The number of nitrogens with one attached hydrogen (secondary N) is 1. The molecule has 4 heterocycles. The lowest BCUT2D eigenvalue weighted by Gasteiger charge is -2.21. The van der Waals surface area contributed by atoms with Gasteiger partial charge in [0.05, 0.1) is 11.9 Å². The molecule has 0 spiro atoms. The van der Waals surface area contributed by atoms with Crippen LogP contribution in [-0.2, 0) is 4.74 Å². The van der Waals surface area contributed by atoms with Crippen LogP contribution in [-0.4, -0.2) is 38.5 Å². The Morgan fingerprint density at radius 3 is 2.81 bits per heavy atom. The standard InChI is InChI=1S/C22H20FN5O3/c1-13-24-10-20(31-13)21(29)26-16-2-3-18(23)17(8-16)19-12-28-11-15(9-25-22(28)27-19)14-4-6-30-7-5-14/h2-3,8-12,14H,4-7H2,1H3,(H,26,29). The maximum Gasteiger partial charge on any atom is 0.293 e. The molecular weight excluding hydrogens is 401 g/mol. The van der Waals surface area contributed by atoms with E-state index in [0.717, 1.165) is 31.6 Å². The number of hydrogen-bond donors (Lipinski definition) is 1. The number of anilines is 1. The molecule has 1 aromatic carbocycles. The van der Waals surface area contributed by atoms with Crippen LogP contribution in [0.15, 0.2) is 47.4 Å². The summed E-state index contributed by atoms with van der Waals surface area (Å²) in [5.74, 6) is 0.448. The molecule has 0 unspecified atom stereocenters. The van der Waals surface area contributed by atoms with Crippen molar-refractivity contribution in [1.29, 1.82) is 0 Å². The largest absolute Gasteiger partial charge is 0.436 e. The van der Waals surface area contributed by atoms with Gasteiger partial charge in [0.25, 0.3) is 5.91 Å². The van der Waals surface area contributed by atoms with Crippen molar-refractivity contribution >= 4 is 17.4 Å². The van der Waals surface area contributed by atoms with Gasteiger partial charge < -0.3 is 14.5 Å². The molecule has 3 aromatic heterocycles. The van der Waals surface area contributed by atoms with Gasteiger partial charge in [-0.3, -0.25) is 9.20 Å². The SMILES string of the molecule is Cc1ncc(C(=O)Nc2ccc(F)c(-c3cn4cc(C5CCOCC5)cnc4n3)c2)o1. The number of rotatable bonds is 4. The van der Waals surface area contributed by atoms with E-state index in [0.29, 0.717) is 29.0 Å². The Morgan fingerprint density at radius 2 is 2.03 bits per heavy atom. The Morgan fingerprint density at radius 1 is 1.19 bits per heavy atom. The molecule has 1 fully saturated rings. The third-order valence-corrected chi connectivity index (χ3v) is 5.37. The van der Waals surface area contributed by atoms with Crippen molar-refractivity contribution in [2.45, 2.75) is 25.7 Å². The number of imidazole rings is 1. The summed E-state index contributed by atoms with van der Waals surface area (Å²) in [4.78, 5) is 25.1. The van der Waals surface area contributed by atoms with Crippen LogP contribution < -0.4 is 5.32 Å². The maximum absolute atomic E-state index is 14.6. The van der Waals surface area contributed by atoms with Gasteiger partial charge in [0.2, 0.25) is 11.5 Å². The summed E-state index contributed by atoms with van der Waals surface area (Å²) in [5.41, 5.74) is 2.23. The number of benzene rings is 1. The number of halogens is 1. The van der Waals surface area contributed by atoms with Gasteiger partial charge in [-0.15, -0.1) is 0 Å². The lowest BCUT2D eigenvalue weighted by atomic mass is 9.94. The zero-order chi connectivity index (χ0) is 21.4. The van der Waals surface area contributed by atoms with Crippen molar-refractivity contribution in [1.82, 2.24) is 19.4 Å². The average molecular weight is 421 g/mol. The van der Waals surface area contributed by atoms with Crippen LogP contribution in [0.5, 0.6) is 0 Å². The van der Waals surface area contributed by atoms with Crippen molar-refractivity contribution in [2.75, 3.05) is 18.5 Å². The minimum absolute atomic E-state index is 0.0842. The molecule has 0 radical (unpaired) electrons. The summed E-state index contributed by atoms with van der Waals surface area (Å²) in [6, 6.07) is 4.32. The summed E-state index contributed by atoms with van der Waals surface area (Å²) in [6.45, 7) is 3.14. The van der Waals surface area contributed by atoms with Crippen molar-refractivity contribution < 1.29 is 18.3 Å². The second-order valence-electron chi connectivity index (χ2n) is 7.50. The molecule has 158 valence electrons. The first-order valence-corrected chi connectivity index (χ1v) is 10.0. The van der Waals surface area contributed by atoms with E-state index in [4.69, 9.17) is 9.15 Å². The Bertz CT molecular complexity index is 1260. The number of fused-ring (bicyclic) bond motifs is 1. The summed E-state index contributed by atoms with van der Waals surface area (Å²) in [7, 11) is 0. The zero-order valence-electron chi connectivity index (χ0n) is 16.8. The van der Waals surface area contributed by atoms with E-state index in [1.807, 2.05) is 16.8 Å². The number of amides is 1. The van der Waals surface area contributed by atoms with Gasteiger partial charge in [0, 0.05) is 50.0 Å². The quantitative estimate of drug-likeness (QED) is 0.536. The molecule has 1 amide bonds. The zero-order valence-corrected chi connectivity index (χ0v) is 16.8.